The third kappa shape index (κ3) is 4.09. The van der Waals surface area contributed by atoms with Gasteiger partial charge in [-0.05, 0) is 31.5 Å². The third-order valence-electron chi connectivity index (χ3n) is 3.07. The molecule has 0 aliphatic heterocycles. The lowest BCUT2D eigenvalue weighted by atomic mass is 9.89. The number of nitrogens with zero attached hydrogens (tertiary/aromatic N) is 2. The van der Waals surface area contributed by atoms with Crippen molar-refractivity contribution in [2.45, 2.75) is 26.8 Å². The van der Waals surface area contributed by atoms with E-state index >= 15 is 0 Å². The van der Waals surface area contributed by atoms with E-state index in [0.717, 1.165) is 5.56 Å². The Kier molecular flexibility index (Phi) is 4.87. The number of carbonyl (C=O) groups excluding carboxylic acids is 1. The van der Waals surface area contributed by atoms with Crippen molar-refractivity contribution in [1.82, 2.24) is 4.90 Å². The number of nitriles is 1. The number of carboxylic acids is 1. The zero-order valence-corrected chi connectivity index (χ0v) is 11.9. The van der Waals surface area contributed by atoms with Crippen LogP contribution in [-0.2, 0) is 16.1 Å². The van der Waals surface area contributed by atoms with Crippen molar-refractivity contribution in [3.63, 3.8) is 0 Å². The first-order valence-electron chi connectivity index (χ1n) is 6.22. The molecule has 0 radical (unpaired) electrons. The highest BCUT2D eigenvalue weighted by Gasteiger charge is 2.31. The standard InChI is InChI=1S/C15H18N2O3/c1-15(2,14(19)20)8-13(18)17(3)10-12-6-4-5-11(7-12)9-16/h4-7H,8,10H2,1-3H3,(H,19,20). The summed E-state index contributed by atoms with van der Waals surface area (Å²) in [7, 11) is 1.62. The molecule has 1 rings (SSSR count). The average Bonchev–Trinajstić information content (AvgIpc) is 2.38. The summed E-state index contributed by atoms with van der Waals surface area (Å²) in [4.78, 5) is 24.5. The van der Waals surface area contributed by atoms with E-state index in [2.05, 4.69) is 0 Å². The molecule has 0 saturated carbocycles. The number of hydrogen-bond acceptors (Lipinski definition) is 3. The SMILES string of the molecule is CN(Cc1cccc(C#N)c1)C(=O)CC(C)(C)C(=O)O. The first-order valence-corrected chi connectivity index (χ1v) is 6.22. The number of hydrogen-bond donors (Lipinski definition) is 1. The lowest BCUT2D eigenvalue weighted by Gasteiger charge is -2.23. The zero-order chi connectivity index (χ0) is 15.3. The Bertz CT molecular complexity index is 558. The van der Waals surface area contributed by atoms with Gasteiger partial charge < -0.3 is 10.0 Å². The van der Waals surface area contributed by atoms with Gasteiger partial charge in [0, 0.05) is 20.0 Å². The zero-order valence-electron chi connectivity index (χ0n) is 11.9. The van der Waals surface area contributed by atoms with Crippen LogP contribution in [0.4, 0.5) is 0 Å². The molecule has 0 heterocycles. The summed E-state index contributed by atoms with van der Waals surface area (Å²) in [5.74, 6) is -1.23. The second-order valence-electron chi connectivity index (χ2n) is 5.43. The molecule has 20 heavy (non-hydrogen) atoms. The molecule has 0 aliphatic rings. The smallest absolute Gasteiger partial charge is 0.309 e. The van der Waals surface area contributed by atoms with E-state index in [1.165, 1.54) is 18.7 Å². The fourth-order valence-electron chi connectivity index (χ4n) is 1.69. The summed E-state index contributed by atoms with van der Waals surface area (Å²) in [6.45, 7) is 3.40. The number of benzene rings is 1. The Balaban J connectivity index is 2.71. The summed E-state index contributed by atoms with van der Waals surface area (Å²) in [6.07, 6.45) is -0.0588. The molecule has 0 saturated heterocycles. The largest absolute Gasteiger partial charge is 0.481 e. The maximum absolute atomic E-state index is 12.0. The van der Waals surface area contributed by atoms with Crippen molar-refractivity contribution in [3.8, 4) is 6.07 Å². The van der Waals surface area contributed by atoms with Crippen molar-refractivity contribution in [2.24, 2.45) is 5.41 Å². The number of amides is 1. The molecule has 1 N–H and O–H groups in total. The molecule has 5 nitrogen and oxygen atoms in total. The second-order valence-corrected chi connectivity index (χ2v) is 5.43. The molecule has 0 atom stereocenters. The quantitative estimate of drug-likeness (QED) is 0.890. The minimum atomic E-state index is -1.08. The van der Waals surface area contributed by atoms with Gasteiger partial charge in [0.15, 0.2) is 0 Å². The summed E-state index contributed by atoms with van der Waals surface area (Å²) in [5.41, 5.74) is 0.294. The molecule has 1 amide bonds. The van der Waals surface area contributed by atoms with Gasteiger partial charge in [-0.1, -0.05) is 12.1 Å². The fourth-order valence-corrected chi connectivity index (χ4v) is 1.69. The first-order chi connectivity index (χ1) is 9.26. The van der Waals surface area contributed by atoms with E-state index in [9.17, 15) is 9.59 Å². The highest BCUT2D eigenvalue weighted by molar-refractivity contribution is 5.84. The number of carbonyl (C=O) groups is 2. The molecule has 106 valence electrons. The first kappa shape index (κ1) is 15.7. The Morgan fingerprint density at radius 1 is 1.40 bits per heavy atom. The molecular formula is C15H18N2O3. The molecular weight excluding hydrogens is 256 g/mol. The fraction of sp³-hybridized carbons (Fsp3) is 0.400. The van der Waals surface area contributed by atoms with Crippen molar-refractivity contribution >= 4 is 11.9 Å². The van der Waals surface area contributed by atoms with Crippen LogP contribution in [0.15, 0.2) is 24.3 Å². The predicted molar refractivity (Wildman–Crippen MR) is 73.7 cm³/mol. The number of aliphatic carboxylic acids is 1. The average molecular weight is 274 g/mol. The molecule has 0 aliphatic carbocycles. The summed E-state index contributed by atoms with van der Waals surface area (Å²) < 4.78 is 0. The van der Waals surface area contributed by atoms with Crippen molar-refractivity contribution in [1.29, 1.82) is 5.26 Å². The Morgan fingerprint density at radius 3 is 2.60 bits per heavy atom. The Morgan fingerprint density at radius 2 is 2.05 bits per heavy atom. The van der Waals surface area contributed by atoms with Crippen LogP contribution < -0.4 is 0 Å². The lowest BCUT2D eigenvalue weighted by molar-refractivity contribution is -0.151. The van der Waals surface area contributed by atoms with Crippen LogP contribution in [0.2, 0.25) is 0 Å². The highest BCUT2D eigenvalue weighted by atomic mass is 16.4. The van der Waals surface area contributed by atoms with Crippen LogP contribution in [0.25, 0.3) is 0 Å². The van der Waals surface area contributed by atoms with Gasteiger partial charge in [0.1, 0.15) is 0 Å². The monoisotopic (exact) mass is 274 g/mol. The normalized spacial score (nSPS) is 10.7. The van der Waals surface area contributed by atoms with E-state index in [0.29, 0.717) is 12.1 Å². The van der Waals surface area contributed by atoms with Crippen LogP contribution in [0, 0.1) is 16.7 Å². The van der Waals surface area contributed by atoms with Crippen LogP contribution in [0.1, 0.15) is 31.4 Å². The minimum Gasteiger partial charge on any atom is -0.481 e. The summed E-state index contributed by atoms with van der Waals surface area (Å²) >= 11 is 0. The van der Waals surface area contributed by atoms with Gasteiger partial charge in [0.2, 0.25) is 5.91 Å². The Labute approximate surface area is 118 Å². The molecule has 0 fully saturated rings. The van der Waals surface area contributed by atoms with Gasteiger partial charge in [-0.2, -0.15) is 5.26 Å². The minimum absolute atomic E-state index is 0.0588. The van der Waals surface area contributed by atoms with E-state index < -0.39 is 11.4 Å². The lowest BCUT2D eigenvalue weighted by Crippen LogP contribution is -2.34. The number of carboxylic acid groups (broad SMARTS) is 1. The van der Waals surface area contributed by atoms with Crippen molar-refractivity contribution < 1.29 is 14.7 Å². The van der Waals surface area contributed by atoms with Gasteiger partial charge in [-0.25, -0.2) is 0 Å². The van der Waals surface area contributed by atoms with Crippen molar-refractivity contribution in [2.75, 3.05) is 7.05 Å². The van der Waals surface area contributed by atoms with E-state index in [4.69, 9.17) is 10.4 Å². The molecule has 0 spiro atoms. The molecule has 5 heteroatoms. The number of rotatable bonds is 5. The van der Waals surface area contributed by atoms with Crippen LogP contribution >= 0.6 is 0 Å². The predicted octanol–water partition coefficient (Wildman–Crippen LogP) is 2.02. The maximum Gasteiger partial charge on any atom is 0.309 e. The van der Waals surface area contributed by atoms with Gasteiger partial charge in [0.05, 0.1) is 17.0 Å². The van der Waals surface area contributed by atoms with E-state index in [-0.39, 0.29) is 12.3 Å². The van der Waals surface area contributed by atoms with Gasteiger partial charge in [-0.3, -0.25) is 9.59 Å². The van der Waals surface area contributed by atoms with Crippen molar-refractivity contribution in [3.05, 3.63) is 35.4 Å². The van der Waals surface area contributed by atoms with Crippen LogP contribution in [0.3, 0.4) is 0 Å². The molecule has 1 aromatic rings. The topological polar surface area (TPSA) is 81.4 Å². The van der Waals surface area contributed by atoms with Gasteiger partial charge >= 0.3 is 5.97 Å². The molecule has 0 bridgehead atoms. The van der Waals surface area contributed by atoms with Gasteiger partial charge in [-0.15, -0.1) is 0 Å². The van der Waals surface area contributed by atoms with E-state index in [1.807, 2.05) is 12.1 Å². The summed E-state index contributed by atoms with van der Waals surface area (Å²) in [6, 6.07) is 9.03. The highest BCUT2D eigenvalue weighted by Crippen LogP contribution is 2.22. The van der Waals surface area contributed by atoms with E-state index in [1.54, 1.807) is 25.2 Å². The molecule has 1 aromatic carbocycles. The summed E-state index contributed by atoms with van der Waals surface area (Å²) in [5, 5.41) is 17.8. The second kappa shape index (κ2) is 6.20. The maximum atomic E-state index is 12.0. The molecule has 0 aromatic heterocycles. The third-order valence-corrected chi connectivity index (χ3v) is 3.07. The van der Waals surface area contributed by atoms with Crippen LogP contribution in [-0.4, -0.2) is 28.9 Å². The van der Waals surface area contributed by atoms with Gasteiger partial charge in [0.25, 0.3) is 0 Å². The molecule has 0 unspecified atom stereocenters. The van der Waals surface area contributed by atoms with Crippen LogP contribution in [0.5, 0.6) is 0 Å². The Hall–Kier alpha value is -2.35.